The number of carbonyl (C=O) groups is 1. The molecule has 0 aliphatic rings. The molecule has 1 aromatic heterocycles. The van der Waals surface area contributed by atoms with E-state index >= 15 is 0 Å². The third-order valence-electron chi connectivity index (χ3n) is 2.02. The standard InChI is InChI=1S/C10H12N2O2S/c1-6-7(4-8(13)14)15-9(12-6)10(2,3)5-11/h4H2,1-3H3,(H,13,14). The predicted octanol–water partition coefficient (Wildman–Crippen LogP) is 1.88. The van der Waals surface area contributed by atoms with E-state index < -0.39 is 11.4 Å². The van der Waals surface area contributed by atoms with Crippen molar-refractivity contribution in [2.45, 2.75) is 32.6 Å². The van der Waals surface area contributed by atoms with Gasteiger partial charge in [-0.2, -0.15) is 5.26 Å². The van der Waals surface area contributed by atoms with Gasteiger partial charge in [0.2, 0.25) is 0 Å². The van der Waals surface area contributed by atoms with Gasteiger partial charge in [-0.15, -0.1) is 11.3 Å². The normalized spacial score (nSPS) is 11.1. The minimum Gasteiger partial charge on any atom is -0.481 e. The summed E-state index contributed by atoms with van der Waals surface area (Å²) in [6, 6.07) is 2.15. The van der Waals surface area contributed by atoms with Gasteiger partial charge in [0.25, 0.3) is 0 Å². The Balaban J connectivity index is 3.07. The summed E-state index contributed by atoms with van der Waals surface area (Å²) >= 11 is 1.30. The summed E-state index contributed by atoms with van der Waals surface area (Å²) in [5.74, 6) is -0.872. The molecule has 0 fully saturated rings. The number of rotatable bonds is 3. The number of aliphatic carboxylic acids is 1. The van der Waals surface area contributed by atoms with E-state index in [0.29, 0.717) is 10.7 Å². The lowest BCUT2D eigenvalue weighted by atomic mass is 9.97. The van der Waals surface area contributed by atoms with Gasteiger partial charge in [0.15, 0.2) is 0 Å². The SMILES string of the molecule is Cc1nc(C(C)(C)C#N)sc1CC(=O)O. The Hall–Kier alpha value is -1.41. The van der Waals surface area contributed by atoms with Crippen molar-refractivity contribution < 1.29 is 9.90 Å². The highest BCUT2D eigenvalue weighted by Gasteiger charge is 2.25. The van der Waals surface area contributed by atoms with E-state index in [1.807, 2.05) is 0 Å². The summed E-state index contributed by atoms with van der Waals surface area (Å²) in [6.45, 7) is 5.32. The predicted molar refractivity (Wildman–Crippen MR) is 56.8 cm³/mol. The topological polar surface area (TPSA) is 74.0 Å². The molecule has 0 aliphatic heterocycles. The molecule has 1 heterocycles. The highest BCUT2D eigenvalue weighted by Crippen LogP contribution is 2.29. The number of hydrogen-bond donors (Lipinski definition) is 1. The summed E-state index contributed by atoms with van der Waals surface area (Å²) < 4.78 is 0. The fourth-order valence-corrected chi connectivity index (χ4v) is 2.15. The second-order valence-corrected chi connectivity index (χ2v) is 4.92. The zero-order valence-corrected chi connectivity index (χ0v) is 9.68. The Morgan fingerprint density at radius 3 is 2.73 bits per heavy atom. The van der Waals surface area contributed by atoms with Gasteiger partial charge >= 0.3 is 5.97 Å². The average Bonchev–Trinajstić information content (AvgIpc) is 2.48. The fraction of sp³-hybridized carbons (Fsp3) is 0.500. The highest BCUT2D eigenvalue weighted by atomic mass is 32.1. The molecular formula is C10H12N2O2S. The van der Waals surface area contributed by atoms with Crippen molar-refractivity contribution in [3.63, 3.8) is 0 Å². The molecular weight excluding hydrogens is 212 g/mol. The van der Waals surface area contributed by atoms with Crippen LogP contribution in [0.25, 0.3) is 0 Å². The molecule has 0 atom stereocenters. The molecule has 0 unspecified atom stereocenters. The van der Waals surface area contributed by atoms with E-state index in [1.165, 1.54) is 11.3 Å². The van der Waals surface area contributed by atoms with Crippen LogP contribution < -0.4 is 0 Å². The van der Waals surface area contributed by atoms with Crippen molar-refractivity contribution in [3.05, 3.63) is 15.6 Å². The van der Waals surface area contributed by atoms with Crippen molar-refractivity contribution in [3.8, 4) is 6.07 Å². The third-order valence-corrected chi connectivity index (χ3v) is 3.50. The number of carboxylic acids is 1. The van der Waals surface area contributed by atoms with Crippen molar-refractivity contribution in [2.75, 3.05) is 0 Å². The maximum atomic E-state index is 10.6. The molecule has 0 spiro atoms. The highest BCUT2D eigenvalue weighted by molar-refractivity contribution is 7.12. The summed E-state index contributed by atoms with van der Waals surface area (Å²) in [4.78, 5) is 15.5. The molecule has 0 saturated carbocycles. The monoisotopic (exact) mass is 224 g/mol. The number of aryl methyl sites for hydroxylation is 1. The number of aromatic nitrogens is 1. The largest absolute Gasteiger partial charge is 0.481 e. The Bertz CT molecular complexity index is 429. The van der Waals surface area contributed by atoms with E-state index in [2.05, 4.69) is 11.1 Å². The van der Waals surface area contributed by atoms with E-state index in [4.69, 9.17) is 10.4 Å². The summed E-state index contributed by atoms with van der Waals surface area (Å²) in [5.41, 5.74) is 0.0624. The van der Waals surface area contributed by atoms with Crippen LogP contribution in [0.5, 0.6) is 0 Å². The van der Waals surface area contributed by atoms with Gasteiger partial charge in [0.05, 0.1) is 18.2 Å². The summed E-state index contributed by atoms with van der Waals surface area (Å²) in [6.07, 6.45) is -0.0228. The molecule has 15 heavy (non-hydrogen) atoms. The summed E-state index contributed by atoms with van der Waals surface area (Å²) in [5, 5.41) is 18.3. The van der Waals surface area contributed by atoms with Crippen LogP contribution in [-0.4, -0.2) is 16.1 Å². The molecule has 0 aliphatic carbocycles. The van der Waals surface area contributed by atoms with Crippen LogP contribution in [0.3, 0.4) is 0 Å². The quantitative estimate of drug-likeness (QED) is 0.850. The Morgan fingerprint density at radius 2 is 2.27 bits per heavy atom. The van der Waals surface area contributed by atoms with Crippen LogP contribution in [0.1, 0.15) is 29.4 Å². The minimum absolute atomic E-state index is 0.0228. The van der Waals surface area contributed by atoms with Crippen molar-refractivity contribution in [1.82, 2.24) is 4.98 Å². The third kappa shape index (κ3) is 2.54. The average molecular weight is 224 g/mol. The van der Waals surface area contributed by atoms with Gasteiger partial charge in [0, 0.05) is 4.88 Å². The molecule has 4 nitrogen and oxygen atoms in total. The molecule has 1 rings (SSSR count). The Kier molecular flexibility index (Phi) is 3.10. The smallest absolute Gasteiger partial charge is 0.308 e. The number of carboxylic acid groups (broad SMARTS) is 1. The first-order valence-corrected chi connectivity index (χ1v) is 5.28. The maximum absolute atomic E-state index is 10.6. The van der Waals surface area contributed by atoms with Gasteiger partial charge in [-0.05, 0) is 20.8 Å². The Labute approximate surface area is 92.2 Å². The van der Waals surface area contributed by atoms with E-state index in [-0.39, 0.29) is 6.42 Å². The van der Waals surface area contributed by atoms with Gasteiger partial charge in [-0.3, -0.25) is 4.79 Å². The van der Waals surface area contributed by atoms with Crippen LogP contribution in [0.15, 0.2) is 0 Å². The molecule has 80 valence electrons. The van der Waals surface area contributed by atoms with Crippen LogP contribution in [0, 0.1) is 18.3 Å². The van der Waals surface area contributed by atoms with Crippen LogP contribution >= 0.6 is 11.3 Å². The molecule has 0 saturated heterocycles. The first-order chi connectivity index (χ1) is 6.86. The molecule has 1 N–H and O–H groups in total. The van der Waals surface area contributed by atoms with E-state index in [1.54, 1.807) is 20.8 Å². The lowest BCUT2D eigenvalue weighted by molar-refractivity contribution is -0.136. The van der Waals surface area contributed by atoms with Gasteiger partial charge < -0.3 is 5.11 Å². The molecule has 5 heteroatoms. The Morgan fingerprint density at radius 1 is 1.67 bits per heavy atom. The van der Waals surface area contributed by atoms with Crippen LogP contribution in [0.4, 0.5) is 0 Å². The van der Waals surface area contributed by atoms with E-state index in [9.17, 15) is 4.79 Å². The zero-order chi connectivity index (χ0) is 11.6. The molecule has 1 aromatic rings. The van der Waals surface area contributed by atoms with E-state index in [0.717, 1.165) is 4.88 Å². The lowest BCUT2D eigenvalue weighted by Crippen LogP contribution is -2.13. The van der Waals surface area contributed by atoms with Crippen LogP contribution in [0.2, 0.25) is 0 Å². The first-order valence-electron chi connectivity index (χ1n) is 4.46. The second-order valence-electron chi connectivity index (χ2n) is 3.83. The number of hydrogen-bond acceptors (Lipinski definition) is 4. The van der Waals surface area contributed by atoms with Gasteiger partial charge in [-0.25, -0.2) is 4.98 Å². The van der Waals surface area contributed by atoms with Crippen molar-refractivity contribution in [2.24, 2.45) is 0 Å². The minimum atomic E-state index is -0.872. The van der Waals surface area contributed by atoms with Crippen molar-refractivity contribution >= 4 is 17.3 Å². The summed E-state index contributed by atoms with van der Waals surface area (Å²) in [7, 11) is 0. The van der Waals surface area contributed by atoms with Gasteiger partial charge in [0.1, 0.15) is 10.4 Å². The molecule has 0 radical (unpaired) electrons. The molecule has 0 aromatic carbocycles. The van der Waals surface area contributed by atoms with Crippen LogP contribution in [-0.2, 0) is 16.6 Å². The fourth-order valence-electron chi connectivity index (χ4n) is 1.04. The first kappa shape index (κ1) is 11.7. The van der Waals surface area contributed by atoms with Gasteiger partial charge in [-0.1, -0.05) is 0 Å². The second kappa shape index (κ2) is 3.99. The van der Waals surface area contributed by atoms with Crippen molar-refractivity contribution in [1.29, 1.82) is 5.26 Å². The number of nitrogens with zero attached hydrogens (tertiary/aromatic N) is 2. The number of nitriles is 1. The number of thiazole rings is 1. The molecule has 0 bridgehead atoms. The maximum Gasteiger partial charge on any atom is 0.308 e. The zero-order valence-electron chi connectivity index (χ0n) is 8.87. The molecule has 0 amide bonds. The lowest BCUT2D eigenvalue weighted by Gasteiger charge is -2.09.